The van der Waals surface area contributed by atoms with Gasteiger partial charge in [0.2, 0.25) is 23.6 Å². The molecule has 0 aliphatic carbocycles. The van der Waals surface area contributed by atoms with E-state index in [0.29, 0.717) is 0 Å². The van der Waals surface area contributed by atoms with Crippen LogP contribution in [0.2, 0.25) is 0 Å². The lowest BCUT2D eigenvalue weighted by atomic mass is 10.0. The quantitative estimate of drug-likeness (QED) is 0.167. The predicted octanol–water partition coefficient (Wildman–Crippen LogP) is -0.164. The highest BCUT2D eigenvalue weighted by atomic mass is 16.4. The zero-order chi connectivity index (χ0) is 29.8. The Morgan fingerprint density at radius 3 is 1.95 bits per heavy atom. The number of carbonyl (C=O) groups is 5. The van der Waals surface area contributed by atoms with Gasteiger partial charge in [-0.05, 0) is 42.5 Å². The van der Waals surface area contributed by atoms with Gasteiger partial charge in [0, 0.05) is 6.42 Å². The van der Waals surface area contributed by atoms with E-state index >= 15 is 0 Å². The smallest absolute Gasteiger partial charge is 0.326 e. The molecule has 0 unspecified atom stereocenters. The number of aliphatic carboxylic acids is 1. The lowest BCUT2D eigenvalue weighted by Gasteiger charge is -2.23. The Labute approximate surface area is 232 Å². The molecule has 0 bridgehead atoms. The van der Waals surface area contributed by atoms with Crippen LogP contribution >= 0.6 is 0 Å². The molecule has 0 aliphatic heterocycles. The minimum atomic E-state index is -1.20. The van der Waals surface area contributed by atoms with Crippen molar-refractivity contribution in [3.05, 3.63) is 65.7 Å². The fraction of sp³-hybridized carbons (Fsp3) is 0.393. The third-order valence-corrected chi connectivity index (χ3v) is 6.07. The summed E-state index contributed by atoms with van der Waals surface area (Å²) < 4.78 is 0. The monoisotopic (exact) mass is 555 g/mol. The number of phenols is 1. The number of carboxylic acids is 1. The first kappa shape index (κ1) is 31.8. The summed E-state index contributed by atoms with van der Waals surface area (Å²) in [6.45, 7) is 4.25. The van der Waals surface area contributed by atoms with Crippen molar-refractivity contribution in [2.75, 3.05) is 6.54 Å². The van der Waals surface area contributed by atoms with Crippen molar-refractivity contribution in [3.63, 3.8) is 0 Å². The van der Waals surface area contributed by atoms with Crippen LogP contribution in [0.15, 0.2) is 54.6 Å². The maximum absolute atomic E-state index is 12.9. The Hall–Kier alpha value is -4.45. The molecule has 0 aromatic heterocycles. The highest BCUT2D eigenvalue weighted by Gasteiger charge is 2.29. The molecule has 0 saturated heterocycles. The van der Waals surface area contributed by atoms with Gasteiger partial charge in [0.15, 0.2) is 0 Å². The Bertz CT molecular complexity index is 1170. The van der Waals surface area contributed by atoms with E-state index in [1.165, 1.54) is 19.1 Å². The Balaban J connectivity index is 1.93. The molecule has 4 amide bonds. The summed E-state index contributed by atoms with van der Waals surface area (Å²) in [5.74, 6) is -4.06. The number of carbonyl (C=O) groups excluding carboxylic acids is 4. The highest BCUT2D eigenvalue weighted by Crippen LogP contribution is 2.11. The Morgan fingerprint density at radius 1 is 0.775 bits per heavy atom. The third-order valence-electron chi connectivity index (χ3n) is 6.07. The highest BCUT2D eigenvalue weighted by molar-refractivity contribution is 5.94. The van der Waals surface area contributed by atoms with Gasteiger partial charge in [-0.2, -0.15) is 0 Å². The first-order valence-corrected chi connectivity index (χ1v) is 12.9. The second kappa shape index (κ2) is 15.2. The van der Waals surface area contributed by atoms with Gasteiger partial charge in [-0.25, -0.2) is 4.79 Å². The molecule has 12 heteroatoms. The minimum Gasteiger partial charge on any atom is -0.508 e. The van der Waals surface area contributed by atoms with Gasteiger partial charge in [-0.1, -0.05) is 56.3 Å². The number of nitrogens with two attached hydrogens (primary N) is 1. The van der Waals surface area contributed by atoms with E-state index in [1.54, 1.807) is 56.3 Å². The molecule has 2 aromatic rings. The lowest BCUT2D eigenvalue weighted by molar-refractivity contribution is -0.143. The van der Waals surface area contributed by atoms with Crippen molar-refractivity contribution >= 4 is 29.6 Å². The van der Waals surface area contributed by atoms with Crippen molar-refractivity contribution < 1.29 is 34.2 Å². The van der Waals surface area contributed by atoms with Crippen LogP contribution < -0.4 is 27.0 Å². The minimum absolute atomic E-state index is 0.0862. The molecule has 40 heavy (non-hydrogen) atoms. The molecular weight excluding hydrogens is 518 g/mol. The molecule has 8 N–H and O–H groups in total. The van der Waals surface area contributed by atoms with E-state index in [-0.39, 0.29) is 24.5 Å². The van der Waals surface area contributed by atoms with Crippen LogP contribution in [-0.4, -0.2) is 70.5 Å². The summed E-state index contributed by atoms with van der Waals surface area (Å²) in [5.41, 5.74) is 7.40. The first-order valence-electron chi connectivity index (χ1n) is 12.9. The van der Waals surface area contributed by atoms with Crippen molar-refractivity contribution in [2.24, 2.45) is 11.7 Å². The number of amides is 4. The van der Waals surface area contributed by atoms with E-state index in [0.717, 1.165) is 11.1 Å². The van der Waals surface area contributed by atoms with Gasteiger partial charge in [-0.3, -0.25) is 19.2 Å². The number of phenolic OH excluding ortho intramolecular Hbond substituents is 1. The van der Waals surface area contributed by atoms with E-state index in [2.05, 4.69) is 21.3 Å². The molecule has 0 aliphatic rings. The Morgan fingerprint density at radius 2 is 1.38 bits per heavy atom. The summed E-state index contributed by atoms with van der Waals surface area (Å²) in [5, 5.41) is 28.7. The zero-order valence-electron chi connectivity index (χ0n) is 22.7. The van der Waals surface area contributed by atoms with Crippen LogP contribution in [0.25, 0.3) is 0 Å². The molecule has 2 aromatic carbocycles. The number of hydrogen-bond donors (Lipinski definition) is 7. The molecule has 0 heterocycles. The van der Waals surface area contributed by atoms with Gasteiger partial charge in [-0.15, -0.1) is 0 Å². The number of benzene rings is 2. The molecule has 0 saturated carbocycles. The number of aromatic hydroxyl groups is 1. The Kier molecular flexibility index (Phi) is 12.1. The van der Waals surface area contributed by atoms with E-state index in [4.69, 9.17) is 5.73 Å². The first-order chi connectivity index (χ1) is 18.9. The van der Waals surface area contributed by atoms with Crippen molar-refractivity contribution in [2.45, 2.75) is 57.8 Å². The molecule has 0 radical (unpaired) electrons. The van der Waals surface area contributed by atoms with Crippen LogP contribution in [0.4, 0.5) is 0 Å². The van der Waals surface area contributed by atoms with Gasteiger partial charge >= 0.3 is 5.97 Å². The average Bonchev–Trinajstić information content (AvgIpc) is 2.91. The van der Waals surface area contributed by atoms with E-state index in [1.807, 2.05) is 0 Å². The summed E-state index contributed by atoms with van der Waals surface area (Å²) in [4.78, 5) is 62.0. The topological polar surface area (TPSA) is 200 Å². The van der Waals surface area contributed by atoms with Crippen LogP contribution in [0.3, 0.4) is 0 Å². The van der Waals surface area contributed by atoms with Gasteiger partial charge in [0.05, 0.1) is 12.6 Å². The summed E-state index contributed by atoms with van der Waals surface area (Å²) in [7, 11) is 0. The van der Waals surface area contributed by atoms with Crippen molar-refractivity contribution in [1.29, 1.82) is 0 Å². The third kappa shape index (κ3) is 10.4. The van der Waals surface area contributed by atoms with Crippen LogP contribution in [0.1, 0.15) is 31.9 Å². The van der Waals surface area contributed by atoms with Crippen LogP contribution in [0.5, 0.6) is 5.75 Å². The number of rotatable bonds is 14. The summed E-state index contributed by atoms with van der Waals surface area (Å²) >= 11 is 0. The zero-order valence-corrected chi connectivity index (χ0v) is 22.7. The van der Waals surface area contributed by atoms with Gasteiger partial charge in [0.25, 0.3) is 0 Å². The molecule has 12 nitrogen and oxygen atoms in total. The van der Waals surface area contributed by atoms with E-state index in [9.17, 15) is 34.2 Å². The predicted molar refractivity (Wildman–Crippen MR) is 147 cm³/mol. The fourth-order valence-electron chi connectivity index (χ4n) is 3.76. The average molecular weight is 556 g/mol. The number of hydrogen-bond acceptors (Lipinski definition) is 7. The largest absolute Gasteiger partial charge is 0.508 e. The second-order valence-corrected chi connectivity index (χ2v) is 9.80. The van der Waals surface area contributed by atoms with E-state index < -0.39 is 60.3 Å². The van der Waals surface area contributed by atoms with Crippen molar-refractivity contribution in [1.82, 2.24) is 21.3 Å². The normalized spacial score (nSPS) is 13.8. The summed E-state index contributed by atoms with van der Waals surface area (Å²) in [6.07, 6.45) is 0.287. The molecule has 2 rings (SSSR count). The molecular formula is C28H37N5O7. The van der Waals surface area contributed by atoms with Crippen LogP contribution in [0, 0.1) is 5.92 Å². The van der Waals surface area contributed by atoms with Gasteiger partial charge in [0.1, 0.15) is 23.9 Å². The standard InChI is InChI=1S/C28H37N5O7/c1-16(2)24(28(39)40)33-27(38)22(14-18-7-5-4-6-8-18)32-23(35)15-30-25(36)17(3)31-26(37)21(29)13-19-9-11-20(34)12-10-19/h4-12,16-17,21-22,24,34H,13-15,29H2,1-3H3,(H,30,36)(H,31,37)(H,32,35)(H,33,38)(H,39,40)/t17-,21-,22-,24-/m0/s1. The molecule has 0 fully saturated rings. The molecule has 216 valence electrons. The second-order valence-electron chi connectivity index (χ2n) is 9.80. The number of carboxylic acid groups (broad SMARTS) is 1. The van der Waals surface area contributed by atoms with Crippen LogP contribution in [-0.2, 0) is 36.8 Å². The van der Waals surface area contributed by atoms with Gasteiger partial charge < -0.3 is 37.2 Å². The molecule has 4 atom stereocenters. The molecule has 0 spiro atoms. The SMILES string of the molecule is CC(C)[C@H](NC(=O)[C@H](Cc1ccccc1)NC(=O)CNC(=O)[C@H](C)NC(=O)[C@@H](N)Cc1ccc(O)cc1)C(=O)O. The lowest BCUT2D eigenvalue weighted by Crippen LogP contribution is -2.56. The van der Waals surface area contributed by atoms with Crippen molar-refractivity contribution in [3.8, 4) is 5.75 Å². The fourth-order valence-corrected chi connectivity index (χ4v) is 3.76. The summed E-state index contributed by atoms with van der Waals surface area (Å²) in [6, 6.07) is 10.9. The number of nitrogens with one attached hydrogen (secondary N) is 4. The maximum Gasteiger partial charge on any atom is 0.326 e. The maximum atomic E-state index is 12.9.